The molecule has 7 nitrogen and oxygen atoms in total. The van der Waals surface area contributed by atoms with Gasteiger partial charge in [-0.05, 0) is 43.9 Å². The topological polar surface area (TPSA) is 71.3 Å². The van der Waals surface area contributed by atoms with Crippen LogP contribution < -0.4 is 0 Å². The third kappa shape index (κ3) is 3.66. The monoisotopic (exact) mass is 381 g/mol. The zero-order valence-electron chi connectivity index (χ0n) is 16.6. The quantitative estimate of drug-likeness (QED) is 0.817. The molecule has 1 spiro atoms. The molecule has 2 saturated heterocycles. The fourth-order valence-electron chi connectivity index (χ4n) is 4.65. The Hall–Kier alpha value is -2.70. The van der Waals surface area contributed by atoms with Crippen LogP contribution in [0.1, 0.15) is 47.4 Å². The van der Waals surface area contributed by atoms with Crippen LogP contribution in [0.15, 0.2) is 30.6 Å². The first-order valence-electron chi connectivity index (χ1n) is 9.92. The Balaban J connectivity index is 1.50. The number of likely N-dealkylation sites (tertiary alicyclic amines) is 2. The van der Waals surface area contributed by atoms with Crippen LogP contribution in [0, 0.1) is 12.3 Å². The van der Waals surface area contributed by atoms with Gasteiger partial charge in [0.15, 0.2) is 0 Å². The van der Waals surface area contributed by atoms with Crippen LogP contribution >= 0.6 is 0 Å². The van der Waals surface area contributed by atoms with Crippen molar-refractivity contribution in [2.75, 3.05) is 19.6 Å². The van der Waals surface area contributed by atoms with E-state index in [1.807, 2.05) is 48.2 Å². The molecule has 2 aromatic rings. The molecule has 2 aromatic heterocycles. The molecule has 0 N–H and O–H groups in total. The molecule has 2 aliphatic rings. The molecule has 2 aliphatic heterocycles. The van der Waals surface area contributed by atoms with E-state index in [1.54, 1.807) is 10.9 Å². The molecule has 4 rings (SSSR count). The van der Waals surface area contributed by atoms with Crippen LogP contribution in [-0.4, -0.2) is 56.0 Å². The van der Waals surface area contributed by atoms with Crippen LogP contribution in [-0.2, 0) is 18.4 Å². The Kier molecular flexibility index (Phi) is 4.91. The summed E-state index contributed by atoms with van der Waals surface area (Å²) in [4.78, 5) is 33.7. The highest BCUT2D eigenvalue weighted by molar-refractivity contribution is 5.92. The number of hydrogen-bond acceptors (Lipinski definition) is 4. The number of nitrogens with zero attached hydrogens (tertiary/aromatic N) is 5. The highest BCUT2D eigenvalue weighted by Gasteiger charge is 2.43. The largest absolute Gasteiger partial charge is 0.338 e. The molecule has 0 unspecified atom stereocenters. The summed E-state index contributed by atoms with van der Waals surface area (Å²) in [5.74, 6) is 0.234. The highest BCUT2D eigenvalue weighted by atomic mass is 16.2. The second-order valence-corrected chi connectivity index (χ2v) is 8.24. The van der Waals surface area contributed by atoms with Gasteiger partial charge in [0.1, 0.15) is 5.69 Å². The Labute approximate surface area is 165 Å². The number of pyridine rings is 1. The van der Waals surface area contributed by atoms with E-state index in [0.717, 1.165) is 37.1 Å². The third-order valence-electron chi connectivity index (χ3n) is 6.01. The van der Waals surface area contributed by atoms with Crippen molar-refractivity contribution >= 4 is 11.8 Å². The second-order valence-electron chi connectivity index (χ2n) is 8.24. The van der Waals surface area contributed by atoms with E-state index in [2.05, 4.69) is 10.1 Å². The lowest BCUT2D eigenvalue weighted by Gasteiger charge is -2.48. The number of hydrogen-bond donors (Lipinski definition) is 0. The average Bonchev–Trinajstić information content (AvgIpc) is 3.03. The van der Waals surface area contributed by atoms with E-state index in [-0.39, 0.29) is 17.2 Å². The van der Waals surface area contributed by atoms with Crippen molar-refractivity contribution in [1.82, 2.24) is 24.6 Å². The summed E-state index contributed by atoms with van der Waals surface area (Å²) in [7, 11) is 1.81. The van der Waals surface area contributed by atoms with Gasteiger partial charge in [0.05, 0.1) is 5.69 Å². The summed E-state index contributed by atoms with van der Waals surface area (Å²) in [5.41, 5.74) is 2.51. The number of rotatable bonds is 3. The maximum atomic E-state index is 13.1. The minimum absolute atomic E-state index is 0.0162. The lowest BCUT2D eigenvalue weighted by atomic mass is 9.73. The molecular formula is C21H27N5O2. The average molecular weight is 381 g/mol. The van der Waals surface area contributed by atoms with Crippen molar-refractivity contribution in [1.29, 1.82) is 0 Å². The van der Waals surface area contributed by atoms with Crippen LogP contribution in [0.2, 0.25) is 0 Å². The fraction of sp³-hybridized carbons (Fsp3) is 0.524. The van der Waals surface area contributed by atoms with Gasteiger partial charge in [-0.3, -0.25) is 19.3 Å². The first-order valence-corrected chi connectivity index (χ1v) is 9.92. The molecule has 1 atom stereocenters. The molecular weight excluding hydrogens is 354 g/mol. The molecule has 2 fully saturated rings. The Morgan fingerprint density at radius 1 is 1.29 bits per heavy atom. The number of piperidine rings is 2. The van der Waals surface area contributed by atoms with Gasteiger partial charge in [0.25, 0.3) is 5.91 Å². The Morgan fingerprint density at radius 2 is 2.14 bits per heavy atom. The van der Waals surface area contributed by atoms with Crippen molar-refractivity contribution in [3.63, 3.8) is 0 Å². The minimum Gasteiger partial charge on any atom is -0.338 e. The van der Waals surface area contributed by atoms with E-state index in [0.29, 0.717) is 31.7 Å². The van der Waals surface area contributed by atoms with Gasteiger partial charge in [0, 0.05) is 57.5 Å². The predicted molar refractivity (Wildman–Crippen MR) is 104 cm³/mol. The summed E-state index contributed by atoms with van der Waals surface area (Å²) in [6.07, 6.45) is 6.98. The number of amides is 2. The van der Waals surface area contributed by atoms with E-state index in [9.17, 15) is 9.59 Å². The molecule has 2 amide bonds. The molecule has 28 heavy (non-hydrogen) atoms. The zero-order chi connectivity index (χ0) is 19.7. The maximum Gasteiger partial charge on any atom is 0.272 e. The normalized spacial score (nSPS) is 22.7. The summed E-state index contributed by atoms with van der Waals surface area (Å²) >= 11 is 0. The van der Waals surface area contributed by atoms with Crippen molar-refractivity contribution in [2.45, 2.75) is 39.2 Å². The summed E-state index contributed by atoms with van der Waals surface area (Å²) in [5, 5.41) is 4.31. The van der Waals surface area contributed by atoms with E-state index < -0.39 is 0 Å². The van der Waals surface area contributed by atoms with Gasteiger partial charge in [0.2, 0.25) is 5.91 Å². The number of aryl methyl sites for hydroxylation is 2. The second kappa shape index (κ2) is 7.37. The van der Waals surface area contributed by atoms with Crippen LogP contribution in [0.3, 0.4) is 0 Å². The Bertz CT molecular complexity index is 878. The van der Waals surface area contributed by atoms with Crippen LogP contribution in [0.5, 0.6) is 0 Å². The van der Waals surface area contributed by atoms with Crippen molar-refractivity contribution < 1.29 is 9.59 Å². The van der Waals surface area contributed by atoms with Gasteiger partial charge in [-0.15, -0.1) is 0 Å². The van der Waals surface area contributed by atoms with Gasteiger partial charge < -0.3 is 9.80 Å². The first kappa shape index (κ1) is 18.7. The molecule has 148 valence electrons. The summed E-state index contributed by atoms with van der Waals surface area (Å²) in [6, 6.07) is 5.75. The van der Waals surface area contributed by atoms with Gasteiger partial charge in [-0.1, -0.05) is 6.07 Å². The molecule has 0 radical (unpaired) electrons. The SMILES string of the molecule is Cc1cc(C(=O)N2CCC[C@]3(CCC(=O)N(Cc4cccnc4)C3)C2)n(C)n1. The Morgan fingerprint density at radius 3 is 2.86 bits per heavy atom. The number of carbonyl (C=O) groups is 2. The van der Waals surface area contributed by atoms with Crippen molar-refractivity contribution in [3.05, 3.63) is 47.5 Å². The standard InChI is InChI=1S/C21H27N5O2/c1-16-11-18(24(2)23-16)20(28)25-10-4-7-21(14-25)8-6-19(27)26(15-21)13-17-5-3-9-22-12-17/h3,5,9,11-12H,4,6-8,10,13-15H2,1-2H3/t21-/m0/s1. The van der Waals surface area contributed by atoms with Crippen molar-refractivity contribution in [3.8, 4) is 0 Å². The van der Waals surface area contributed by atoms with E-state index in [1.165, 1.54) is 0 Å². The zero-order valence-corrected chi connectivity index (χ0v) is 16.6. The number of carbonyl (C=O) groups excluding carboxylic acids is 2. The molecule has 0 aromatic carbocycles. The number of aromatic nitrogens is 3. The van der Waals surface area contributed by atoms with E-state index in [4.69, 9.17) is 0 Å². The molecule has 0 aliphatic carbocycles. The third-order valence-corrected chi connectivity index (χ3v) is 6.01. The highest BCUT2D eigenvalue weighted by Crippen LogP contribution is 2.39. The lowest BCUT2D eigenvalue weighted by molar-refractivity contribution is -0.139. The van der Waals surface area contributed by atoms with Gasteiger partial charge >= 0.3 is 0 Å². The fourth-order valence-corrected chi connectivity index (χ4v) is 4.65. The minimum atomic E-state index is -0.0162. The van der Waals surface area contributed by atoms with Gasteiger partial charge in [-0.2, -0.15) is 5.10 Å². The first-order chi connectivity index (χ1) is 13.5. The van der Waals surface area contributed by atoms with Crippen molar-refractivity contribution in [2.24, 2.45) is 12.5 Å². The molecule has 4 heterocycles. The van der Waals surface area contributed by atoms with E-state index >= 15 is 0 Å². The smallest absolute Gasteiger partial charge is 0.272 e. The predicted octanol–water partition coefficient (Wildman–Crippen LogP) is 2.17. The maximum absolute atomic E-state index is 13.1. The lowest BCUT2D eigenvalue weighted by Crippen LogP contribution is -2.55. The van der Waals surface area contributed by atoms with Gasteiger partial charge in [-0.25, -0.2) is 0 Å². The van der Waals surface area contributed by atoms with Crippen LogP contribution in [0.4, 0.5) is 0 Å². The summed E-state index contributed by atoms with van der Waals surface area (Å²) < 4.78 is 1.66. The molecule has 0 bridgehead atoms. The molecule has 0 saturated carbocycles. The summed E-state index contributed by atoms with van der Waals surface area (Å²) in [6.45, 7) is 4.66. The van der Waals surface area contributed by atoms with Crippen LogP contribution in [0.25, 0.3) is 0 Å². The molecule has 7 heteroatoms.